The molecule has 0 aliphatic carbocycles. The minimum atomic E-state index is -3.74. The second-order valence-corrected chi connectivity index (χ2v) is 8.39. The number of H-pyrrole nitrogens is 1. The van der Waals surface area contributed by atoms with E-state index in [4.69, 9.17) is 4.74 Å². The Morgan fingerprint density at radius 1 is 1.11 bits per heavy atom. The number of rotatable bonds is 6. The highest BCUT2D eigenvalue weighted by atomic mass is 32.2. The van der Waals surface area contributed by atoms with Crippen LogP contribution in [0.5, 0.6) is 5.75 Å². The van der Waals surface area contributed by atoms with Crippen LogP contribution in [-0.2, 0) is 16.6 Å². The predicted molar refractivity (Wildman–Crippen MR) is 106 cm³/mol. The first-order chi connectivity index (χ1) is 12.8. The van der Waals surface area contributed by atoms with Crippen LogP contribution in [0.15, 0.2) is 58.2 Å². The highest BCUT2D eigenvalue weighted by molar-refractivity contribution is 7.89. The lowest BCUT2D eigenvalue weighted by molar-refractivity contribution is 0.242. The number of aryl methyl sites for hydroxylation is 1. The van der Waals surface area contributed by atoms with E-state index in [1.54, 1.807) is 18.2 Å². The molecular formula is C20H22N2O4S. The fraction of sp³-hybridized carbons (Fsp3) is 0.250. The van der Waals surface area contributed by atoms with Gasteiger partial charge in [0.1, 0.15) is 5.75 Å². The average Bonchev–Trinajstić information content (AvgIpc) is 2.61. The van der Waals surface area contributed by atoms with Crippen LogP contribution in [0, 0.1) is 6.92 Å². The Hall–Kier alpha value is -2.64. The van der Waals surface area contributed by atoms with Gasteiger partial charge in [-0.1, -0.05) is 18.2 Å². The first-order valence-electron chi connectivity index (χ1n) is 8.64. The average molecular weight is 386 g/mol. The van der Waals surface area contributed by atoms with E-state index in [2.05, 4.69) is 9.71 Å². The van der Waals surface area contributed by atoms with Crippen LogP contribution in [0.4, 0.5) is 0 Å². The lowest BCUT2D eigenvalue weighted by Gasteiger charge is -2.11. The highest BCUT2D eigenvalue weighted by Gasteiger charge is 2.15. The number of sulfonamides is 1. The fourth-order valence-corrected chi connectivity index (χ4v) is 3.79. The summed E-state index contributed by atoms with van der Waals surface area (Å²) in [6, 6.07) is 13.6. The molecule has 0 spiro atoms. The SMILES string of the molecule is Cc1cccc2cc(CNS(=O)(=O)c3ccc(OC(C)C)cc3)c(=O)[nH]c12. The topological polar surface area (TPSA) is 88.3 Å². The van der Waals surface area contributed by atoms with E-state index in [0.29, 0.717) is 11.3 Å². The lowest BCUT2D eigenvalue weighted by Crippen LogP contribution is -2.27. The number of aromatic nitrogens is 1. The molecular weight excluding hydrogens is 364 g/mol. The van der Waals surface area contributed by atoms with Gasteiger partial charge in [-0.25, -0.2) is 13.1 Å². The van der Waals surface area contributed by atoms with Gasteiger partial charge in [-0.2, -0.15) is 0 Å². The monoisotopic (exact) mass is 386 g/mol. The molecule has 1 heterocycles. The van der Waals surface area contributed by atoms with Crippen molar-refractivity contribution in [3.05, 3.63) is 70.0 Å². The van der Waals surface area contributed by atoms with Gasteiger partial charge in [0, 0.05) is 12.1 Å². The Morgan fingerprint density at radius 2 is 1.81 bits per heavy atom. The number of fused-ring (bicyclic) bond motifs is 1. The van der Waals surface area contributed by atoms with Crippen molar-refractivity contribution in [1.29, 1.82) is 0 Å². The van der Waals surface area contributed by atoms with Crippen LogP contribution in [0.3, 0.4) is 0 Å². The maximum absolute atomic E-state index is 12.5. The van der Waals surface area contributed by atoms with E-state index < -0.39 is 10.0 Å². The number of ether oxygens (including phenoxy) is 1. The van der Waals surface area contributed by atoms with E-state index in [9.17, 15) is 13.2 Å². The van der Waals surface area contributed by atoms with E-state index in [0.717, 1.165) is 16.5 Å². The standard InChI is InChI=1S/C20H22N2O4S/c1-13(2)26-17-7-9-18(10-8-17)27(24,25)21-12-16-11-15-6-4-5-14(3)19(15)22-20(16)23/h4-11,13,21H,12H2,1-3H3,(H,22,23). The third-order valence-electron chi connectivity index (χ3n) is 4.12. The molecule has 0 unspecified atom stereocenters. The van der Waals surface area contributed by atoms with Crippen LogP contribution in [0.25, 0.3) is 10.9 Å². The normalized spacial score (nSPS) is 11.9. The molecule has 0 amide bonds. The molecule has 0 aliphatic heterocycles. The molecule has 3 rings (SSSR count). The number of hydrogen-bond donors (Lipinski definition) is 2. The molecule has 2 aromatic carbocycles. The summed E-state index contributed by atoms with van der Waals surface area (Å²) in [7, 11) is -3.74. The van der Waals surface area contributed by atoms with Crippen LogP contribution in [0.2, 0.25) is 0 Å². The van der Waals surface area contributed by atoms with Gasteiger partial charge in [-0.05, 0) is 62.1 Å². The van der Waals surface area contributed by atoms with Crippen molar-refractivity contribution in [2.75, 3.05) is 0 Å². The second kappa shape index (κ2) is 7.54. The Balaban J connectivity index is 1.80. The van der Waals surface area contributed by atoms with Crippen molar-refractivity contribution < 1.29 is 13.2 Å². The first-order valence-corrected chi connectivity index (χ1v) is 10.1. The van der Waals surface area contributed by atoms with Crippen molar-refractivity contribution in [3.63, 3.8) is 0 Å². The molecule has 0 radical (unpaired) electrons. The molecule has 0 saturated carbocycles. The van der Waals surface area contributed by atoms with Crippen molar-refractivity contribution in [2.24, 2.45) is 0 Å². The zero-order chi connectivity index (χ0) is 19.6. The van der Waals surface area contributed by atoms with Crippen molar-refractivity contribution >= 4 is 20.9 Å². The minimum absolute atomic E-state index is 0.00819. The zero-order valence-electron chi connectivity index (χ0n) is 15.4. The molecule has 0 bridgehead atoms. The fourth-order valence-electron chi connectivity index (χ4n) is 2.79. The number of pyridine rings is 1. The molecule has 1 aromatic heterocycles. The van der Waals surface area contributed by atoms with Gasteiger partial charge in [0.25, 0.3) is 5.56 Å². The van der Waals surface area contributed by atoms with Crippen LogP contribution in [0.1, 0.15) is 25.0 Å². The number of hydrogen-bond acceptors (Lipinski definition) is 4. The molecule has 2 N–H and O–H groups in total. The van der Waals surface area contributed by atoms with Gasteiger partial charge in [-0.3, -0.25) is 4.79 Å². The summed E-state index contributed by atoms with van der Waals surface area (Å²) in [5.74, 6) is 0.602. The number of para-hydroxylation sites is 1. The molecule has 3 aromatic rings. The van der Waals surface area contributed by atoms with E-state index >= 15 is 0 Å². The summed E-state index contributed by atoms with van der Waals surface area (Å²) >= 11 is 0. The lowest BCUT2D eigenvalue weighted by atomic mass is 10.1. The number of nitrogens with one attached hydrogen (secondary N) is 2. The van der Waals surface area contributed by atoms with Crippen molar-refractivity contribution in [3.8, 4) is 5.75 Å². The minimum Gasteiger partial charge on any atom is -0.491 e. The van der Waals surface area contributed by atoms with E-state index in [1.165, 1.54) is 12.1 Å². The van der Waals surface area contributed by atoms with E-state index in [-0.39, 0.29) is 23.1 Å². The Labute approximate surface area is 158 Å². The summed E-state index contributed by atoms with van der Waals surface area (Å²) in [6.07, 6.45) is 0.00819. The molecule has 7 heteroatoms. The third kappa shape index (κ3) is 4.37. The van der Waals surface area contributed by atoms with E-state index in [1.807, 2.05) is 39.0 Å². The molecule has 0 saturated heterocycles. The van der Waals surface area contributed by atoms with Gasteiger partial charge in [0.15, 0.2) is 0 Å². The Bertz CT molecular complexity index is 1120. The van der Waals surface area contributed by atoms with Gasteiger partial charge < -0.3 is 9.72 Å². The van der Waals surface area contributed by atoms with Crippen molar-refractivity contribution in [2.45, 2.75) is 38.3 Å². The molecule has 0 fully saturated rings. The van der Waals surface area contributed by atoms with Gasteiger partial charge in [0.2, 0.25) is 10.0 Å². The highest BCUT2D eigenvalue weighted by Crippen LogP contribution is 2.18. The molecule has 0 atom stereocenters. The number of benzene rings is 2. The Kier molecular flexibility index (Phi) is 5.34. The van der Waals surface area contributed by atoms with Crippen LogP contribution >= 0.6 is 0 Å². The smallest absolute Gasteiger partial charge is 0.252 e. The zero-order valence-corrected chi connectivity index (χ0v) is 16.3. The molecule has 0 aliphatic rings. The summed E-state index contributed by atoms with van der Waals surface area (Å²) in [5.41, 5.74) is 1.77. The Morgan fingerprint density at radius 3 is 2.48 bits per heavy atom. The van der Waals surface area contributed by atoms with Crippen LogP contribution in [-0.4, -0.2) is 19.5 Å². The molecule has 142 valence electrons. The molecule has 27 heavy (non-hydrogen) atoms. The summed E-state index contributed by atoms with van der Waals surface area (Å²) in [5, 5.41) is 0.860. The second-order valence-electron chi connectivity index (χ2n) is 6.63. The van der Waals surface area contributed by atoms with Crippen LogP contribution < -0.4 is 15.0 Å². The van der Waals surface area contributed by atoms with Crippen molar-refractivity contribution in [1.82, 2.24) is 9.71 Å². The van der Waals surface area contributed by atoms with Gasteiger partial charge in [-0.15, -0.1) is 0 Å². The first kappa shape index (κ1) is 19.1. The quantitative estimate of drug-likeness (QED) is 0.681. The number of aromatic amines is 1. The predicted octanol–water partition coefficient (Wildman–Crippen LogP) is 3.10. The largest absolute Gasteiger partial charge is 0.491 e. The van der Waals surface area contributed by atoms with Gasteiger partial charge >= 0.3 is 0 Å². The summed E-state index contributed by atoms with van der Waals surface area (Å²) < 4.78 is 33.0. The van der Waals surface area contributed by atoms with Gasteiger partial charge in [0.05, 0.1) is 16.5 Å². The third-order valence-corrected chi connectivity index (χ3v) is 5.54. The molecule has 6 nitrogen and oxygen atoms in total. The maximum Gasteiger partial charge on any atom is 0.252 e. The summed E-state index contributed by atoms with van der Waals surface area (Å²) in [6.45, 7) is 5.61. The summed E-state index contributed by atoms with van der Waals surface area (Å²) in [4.78, 5) is 15.2. The maximum atomic E-state index is 12.5.